The van der Waals surface area contributed by atoms with Gasteiger partial charge in [0.1, 0.15) is 6.04 Å². The predicted octanol–water partition coefficient (Wildman–Crippen LogP) is 4.37. The molecule has 7 atom stereocenters. The Morgan fingerprint density at radius 2 is 1.78 bits per heavy atom. The number of nitrogens with zero attached hydrogens (tertiary/aromatic N) is 3. The average molecular weight is 582 g/mol. The first-order valence-corrected chi connectivity index (χ1v) is 15.7. The molecule has 3 amide bonds. The van der Waals surface area contributed by atoms with Crippen molar-refractivity contribution < 1.29 is 19.5 Å². The standard InChI is InChI=1S/C33H47N3O4S/c1-9-16-34(19-23-14-12-11-13-15-23)29(38)26-25-18-22(5)33(41-25)27(26)30(39)36(24(20-37)21(3)4)28(33)31(40)35(17-10-2)32(6,7)8/h9-15,21-22,24-28,37H,1-2,16-20H2,3-8H3/t22?,24-,25+,26-,27-,28?,33?/m0/s1. The van der Waals surface area contributed by atoms with Gasteiger partial charge in [-0.25, -0.2) is 0 Å². The van der Waals surface area contributed by atoms with Gasteiger partial charge in [-0.1, -0.05) is 63.3 Å². The van der Waals surface area contributed by atoms with Crippen LogP contribution >= 0.6 is 11.8 Å². The summed E-state index contributed by atoms with van der Waals surface area (Å²) in [5.41, 5.74) is 0.511. The molecule has 8 heteroatoms. The van der Waals surface area contributed by atoms with E-state index in [1.165, 1.54) is 0 Å². The third-order valence-electron chi connectivity index (χ3n) is 9.28. The fourth-order valence-corrected chi connectivity index (χ4v) is 9.77. The monoisotopic (exact) mass is 581 g/mol. The highest BCUT2D eigenvalue weighted by atomic mass is 32.2. The predicted molar refractivity (Wildman–Crippen MR) is 165 cm³/mol. The summed E-state index contributed by atoms with van der Waals surface area (Å²) < 4.78 is -0.751. The lowest BCUT2D eigenvalue weighted by Crippen LogP contribution is -2.62. The van der Waals surface area contributed by atoms with Crippen molar-refractivity contribution in [2.75, 3.05) is 19.7 Å². The van der Waals surface area contributed by atoms with Crippen LogP contribution in [0.2, 0.25) is 0 Å². The zero-order valence-corrected chi connectivity index (χ0v) is 26.3. The normalized spacial score (nSPS) is 29.4. The quantitative estimate of drug-likeness (QED) is 0.393. The van der Waals surface area contributed by atoms with Crippen molar-refractivity contribution in [1.82, 2.24) is 14.7 Å². The number of rotatable bonds is 11. The average Bonchev–Trinajstić information content (AvgIpc) is 3.50. The molecule has 3 aliphatic heterocycles. The molecule has 3 fully saturated rings. The van der Waals surface area contributed by atoms with Gasteiger partial charge in [0, 0.05) is 30.4 Å². The zero-order valence-electron chi connectivity index (χ0n) is 25.5. The summed E-state index contributed by atoms with van der Waals surface area (Å²) in [7, 11) is 0. The van der Waals surface area contributed by atoms with Crippen molar-refractivity contribution in [3.05, 3.63) is 61.2 Å². The Hall–Kier alpha value is -2.58. The third kappa shape index (κ3) is 5.27. The lowest BCUT2D eigenvalue weighted by molar-refractivity contribution is -0.149. The number of aliphatic hydroxyl groups is 1. The minimum Gasteiger partial charge on any atom is -0.394 e. The largest absolute Gasteiger partial charge is 0.394 e. The van der Waals surface area contributed by atoms with Crippen LogP contribution in [-0.4, -0.2) is 84.8 Å². The second kappa shape index (κ2) is 12.0. The van der Waals surface area contributed by atoms with Gasteiger partial charge in [-0.15, -0.1) is 24.9 Å². The second-order valence-corrected chi connectivity index (χ2v) is 14.7. The Morgan fingerprint density at radius 1 is 1.15 bits per heavy atom. The highest BCUT2D eigenvalue weighted by molar-refractivity contribution is 8.02. The van der Waals surface area contributed by atoms with Crippen LogP contribution in [0, 0.1) is 23.7 Å². The molecule has 7 nitrogen and oxygen atoms in total. The number of hydrogen-bond donors (Lipinski definition) is 1. The molecule has 3 unspecified atom stereocenters. The number of fused-ring (bicyclic) bond motifs is 1. The molecule has 0 radical (unpaired) electrons. The molecule has 3 saturated heterocycles. The maximum Gasteiger partial charge on any atom is 0.247 e. The van der Waals surface area contributed by atoms with Gasteiger partial charge in [0.2, 0.25) is 17.7 Å². The fourth-order valence-electron chi connectivity index (χ4n) is 7.37. The Kier molecular flexibility index (Phi) is 9.15. The minimum absolute atomic E-state index is 0.0495. The smallest absolute Gasteiger partial charge is 0.247 e. The molecule has 4 rings (SSSR count). The molecule has 1 N–H and O–H groups in total. The fraction of sp³-hybridized carbons (Fsp3) is 0.606. The zero-order chi connectivity index (χ0) is 30.3. The van der Waals surface area contributed by atoms with Gasteiger partial charge in [0.05, 0.1) is 29.2 Å². The van der Waals surface area contributed by atoms with Crippen LogP contribution in [0.15, 0.2) is 55.6 Å². The molecule has 2 bridgehead atoms. The summed E-state index contributed by atoms with van der Waals surface area (Å²) in [4.78, 5) is 49.0. The first-order valence-electron chi connectivity index (χ1n) is 14.8. The van der Waals surface area contributed by atoms with Crippen LogP contribution in [0.5, 0.6) is 0 Å². The molecular formula is C33H47N3O4S. The van der Waals surface area contributed by atoms with E-state index >= 15 is 0 Å². The van der Waals surface area contributed by atoms with Gasteiger partial charge < -0.3 is 19.8 Å². The molecule has 0 aromatic heterocycles. The van der Waals surface area contributed by atoms with Gasteiger partial charge in [-0.2, -0.15) is 0 Å². The first kappa shape index (κ1) is 31.4. The van der Waals surface area contributed by atoms with Crippen LogP contribution in [0.3, 0.4) is 0 Å². The van der Waals surface area contributed by atoms with E-state index < -0.39 is 34.2 Å². The van der Waals surface area contributed by atoms with E-state index in [2.05, 4.69) is 20.1 Å². The lowest BCUT2D eigenvalue weighted by Gasteiger charge is -2.45. The Labute approximate surface area is 250 Å². The molecule has 1 aromatic rings. The van der Waals surface area contributed by atoms with Gasteiger partial charge in [0.15, 0.2) is 0 Å². The van der Waals surface area contributed by atoms with E-state index in [-0.39, 0.29) is 41.4 Å². The van der Waals surface area contributed by atoms with Crippen LogP contribution in [-0.2, 0) is 20.9 Å². The molecule has 1 aromatic carbocycles. The van der Waals surface area contributed by atoms with Crippen LogP contribution in [0.1, 0.15) is 53.5 Å². The van der Waals surface area contributed by atoms with Gasteiger partial charge in [0.25, 0.3) is 0 Å². The number of thioether (sulfide) groups is 1. The summed E-state index contributed by atoms with van der Waals surface area (Å²) in [6.45, 7) is 20.7. The topological polar surface area (TPSA) is 81.2 Å². The van der Waals surface area contributed by atoms with E-state index in [1.54, 1.807) is 38.6 Å². The molecular weight excluding hydrogens is 534 g/mol. The van der Waals surface area contributed by atoms with E-state index in [4.69, 9.17) is 0 Å². The van der Waals surface area contributed by atoms with Gasteiger partial charge in [-0.3, -0.25) is 14.4 Å². The Balaban J connectivity index is 1.82. The van der Waals surface area contributed by atoms with Crippen molar-refractivity contribution >= 4 is 29.5 Å². The summed E-state index contributed by atoms with van der Waals surface area (Å²) in [5.74, 6) is -1.57. The van der Waals surface area contributed by atoms with E-state index in [1.807, 2.05) is 65.0 Å². The molecule has 0 aliphatic carbocycles. The number of likely N-dealkylation sites (tertiary alicyclic amines) is 1. The Bertz CT molecular complexity index is 1160. The van der Waals surface area contributed by atoms with Gasteiger partial charge >= 0.3 is 0 Å². The summed E-state index contributed by atoms with van der Waals surface area (Å²) in [6.07, 6.45) is 4.21. The van der Waals surface area contributed by atoms with E-state index in [0.717, 1.165) is 12.0 Å². The Morgan fingerprint density at radius 3 is 2.32 bits per heavy atom. The van der Waals surface area contributed by atoms with E-state index in [9.17, 15) is 19.5 Å². The SMILES string of the molecule is C=CCN(Cc1ccccc1)C(=O)[C@@H]1[C@H]2C(=O)N([C@@H](CO)C(C)C)C(C(=O)N(CC=C)C(C)(C)C)C23S[C@@H]1CC3C. The third-order valence-corrected chi connectivity index (χ3v) is 11.4. The molecule has 0 saturated carbocycles. The van der Waals surface area contributed by atoms with E-state index in [0.29, 0.717) is 19.6 Å². The number of benzene rings is 1. The first-order chi connectivity index (χ1) is 19.3. The number of amides is 3. The van der Waals surface area contributed by atoms with Crippen LogP contribution in [0.25, 0.3) is 0 Å². The summed E-state index contributed by atoms with van der Waals surface area (Å²) >= 11 is 1.67. The van der Waals surface area contributed by atoms with Crippen molar-refractivity contribution in [2.45, 2.75) is 82.1 Å². The van der Waals surface area contributed by atoms with Crippen LogP contribution < -0.4 is 0 Å². The van der Waals surface area contributed by atoms with Crippen molar-refractivity contribution in [2.24, 2.45) is 23.7 Å². The maximum absolute atomic E-state index is 14.7. The molecule has 3 heterocycles. The number of aliphatic hydroxyl groups excluding tert-OH is 1. The highest BCUT2D eigenvalue weighted by Crippen LogP contribution is 2.69. The molecule has 224 valence electrons. The minimum atomic E-state index is -0.775. The second-order valence-electron chi connectivity index (χ2n) is 13.2. The van der Waals surface area contributed by atoms with Gasteiger partial charge in [-0.05, 0) is 44.6 Å². The number of hydrogen-bond acceptors (Lipinski definition) is 5. The van der Waals surface area contributed by atoms with Crippen molar-refractivity contribution in [3.8, 4) is 0 Å². The maximum atomic E-state index is 14.7. The summed E-state index contributed by atoms with van der Waals surface area (Å²) in [5, 5.41) is 10.5. The molecule has 3 aliphatic rings. The molecule has 41 heavy (non-hydrogen) atoms. The molecule has 1 spiro atoms. The van der Waals surface area contributed by atoms with Crippen LogP contribution in [0.4, 0.5) is 0 Å². The number of carbonyl (C=O) groups is 3. The van der Waals surface area contributed by atoms with Crippen molar-refractivity contribution in [1.29, 1.82) is 0 Å². The lowest BCUT2D eigenvalue weighted by atomic mass is 9.65. The van der Waals surface area contributed by atoms with Crippen molar-refractivity contribution in [3.63, 3.8) is 0 Å². The number of carbonyl (C=O) groups excluding carboxylic acids is 3. The highest BCUT2D eigenvalue weighted by Gasteiger charge is 2.77. The summed E-state index contributed by atoms with van der Waals surface area (Å²) in [6, 6.07) is 8.54.